The van der Waals surface area contributed by atoms with Crippen LogP contribution in [0.15, 0.2) is 12.1 Å². The molecule has 2 N–H and O–H groups in total. The average Bonchev–Trinajstić information content (AvgIpc) is 2.43. The summed E-state index contributed by atoms with van der Waals surface area (Å²) < 4.78 is 3.00. The number of fused-ring (bicyclic) bond motifs is 1. The molecule has 4 heteroatoms. The molecule has 1 heterocycles. The summed E-state index contributed by atoms with van der Waals surface area (Å²) in [6, 6.07) is 4.21. The number of aryl methyl sites for hydroxylation is 2. The summed E-state index contributed by atoms with van der Waals surface area (Å²) in [5, 5.41) is 16.8. The molecule has 2 rings (SSSR count). The molecule has 0 bridgehead atoms. The van der Waals surface area contributed by atoms with E-state index in [1.807, 2.05) is 4.57 Å². The van der Waals surface area contributed by atoms with Gasteiger partial charge in [0.05, 0.1) is 16.8 Å². The van der Waals surface area contributed by atoms with Gasteiger partial charge in [0.25, 0.3) is 0 Å². The molecule has 0 atom stereocenters. The topological polar surface area (TPSA) is 49.0 Å². The number of aliphatic hydroxyl groups is 1. The Morgan fingerprint density at radius 3 is 2.80 bits per heavy atom. The Kier molecular flexibility index (Phi) is 2.63. The van der Waals surface area contributed by atoms with Crippen molar-refractivity contribution in [3.8, 4) is 0 Å². The highest BCUT2D eigenvalue weighted by Gasteiger charge is 2.07. The zero-order valence-corrected chi connectivity index (χ0v) is 9.69. The van der Waals surface area contributed by atoms with Gasteiger partial charge < -0.3 is 9.67 Å². The molecule has 0 amide bonds. The van der Waals surface area contributed by atoms with Crippen LogP contribution < -0.4 is 4.80 Å². The first-order valence-electron chi connectivity index (χ1n) is 4.89. The van der Waals surface area contributed by atoms with Gasteiger partial charge in [-0.3, -0.25) is 5.41 Å². The van der Waals surface area contributed by atoms with Crippen molar-refractivity contribution in [2.75, 3.05) is 6.61 Å². The molecule has 0 fully saturated rings. The molecule has 1 aromatic heterocycles. The maximum Gasteiger partial charge on any atom is 0.182 e. The van der Waals surface area contributed by atoms with Crippen LogP contribution in [-0.4, -0.2) is 16.3 Å². The Morgan fingerprint density at radius 2 is 2.13 bits per heavy atom. The summed E-state index contributed by atoms with van der Waals surface area (Å²) in [7, 11) is 0. The molecule has 0 unspecified atom stereocenters. The molecule has 80 valence electrons. The van der Waals surface area contributed by atoms with Crippen LogP contribution in [0.2, 0.25) is 0 Å². The van der Waals surface area contributed by atoms with Crippen molar-refractivity contribution in [1.29, 1.82) is 5.41 Å². The fourth-order valence-electron chi connectivity index (χ4n) is 1.92. The van der Waals surface area contributed by atoms with Crippen LogP contribution in [0, 0.1) is 19.3 Å². The van der Waals surface area contributed by atoms with Crippen molar-refractivity contribution < 1.29 is 5.11 Å². The van der Waals surface area contributed by atoms with E-state index in [4.69, 9.17) is 10.5 Å². The minimum atomic E-state index is 0.0791. The number of rotatable bonds is 2. The molecular weight excluding hydrogens is 208 g/mol. The number of thiazole rings is 1. The maximum absolute atomic E-state index is 8.97. The molecule has 1 aromatic carbocycles. The fourth-order valence-corrected chi connectivity index (χ4v) is 3.03. The van der Waals surface area contributed by atoms with Gasteiger partial charge in [-0.15, -0.1) is 0 Å². The van der Waals surface area contributed by atoms with E-state index in [0.717, 1.165) is 10.2 Å². The Bertz CT molecular complexity index is 553. The monoisotopic (exact) mass is 222 g/mol. The van der Waals surface area contributed by atoms with Crippen LogP contribution >= 0.6 is 11.3 Å². The quantitative estimate of drug-likeness (QED) is 0.799. The first-order chi connectivity index (χ1) is 7.13. The highest BCUT2D eigenvalue weighted by molar-refractivity contribution is 7.16. The third kappa shape index (κ3) is 1.70. The minimum Gasteiger partial charge on any atom is -0.395 e. The lowest BCUT2D eigenvalue weighted by molar-refractivity contribution is 0.276. The molecule has 0 aliphatic carbocycles. The van der Waals surface area contributed by atoms with Crippen molar-refractivity contribution in [1.82, 2.24) is 4.57 Å². The molecular formula is C11H14N2OS. The van der Waals surface area contributed by atoms with E-state index in [9.17, 15) is 0 Å². The molecule has 0 saturated carbocycles. The zero-order valence-electron chi connectivity index (χ0n) is 8.87. The average molecular weight is 222 g/mol. The van der Waals surface area contributed by atoms with E-state index in [-0.39, 0.29) is 6.61 Å². The van der Waals surface area contributed by atoms with Gasteiger partial charge in [0, 0.05) is 6.54 Å². The largest absolute Gasteiger partial charge is 0.395 e. The predicted octanol–water partition coefficient (Wildman–Crippen LogP) is 1.79. The number of hydrogen-bond donors (Lipinski definition) is 2. The highest BCUT2D eigenvalue weighted by Crippen LogP contribution is 2.22. The molecule has 0 spiro atoms. The number of aromatic nitrogens is 1. The van der Waals surface area contributed by atoms with Crippen molar-refractivity contribution in [2.24, 2.45) is 0 Å². The first-order valence-corrected chi connectivity index (χ1v) is 5.71. The van der Waals surface area contributed by atoms with Crippen molar-refractivity contribution >= 4 is 21.6 Å². The van der Waals surface area contributed by atoms with Crippen molar-refractivity contribution in [2.45, 2.75) is 20.4 Å². The highest BCUT2D eigenvalue weighted by atomic mass is 32.1. The van der Waals surface area contributed by atoms with Crippen molar-refractivity contribution in [3.63, 3.8) is 0 Å². The van der Waals surface area contributed by atoms with Crippen molar-refractivity contribution in [3.05, 3.63) is 28.1 Å². The van der Waals surface area contributed by atoms with E-state index in [0.29, 0.717) is 11.3 Å². The Labute approximate surface area is 92.1 Å². The van der Waals surface area contributed by atoms with Crippen LogP contribution in [0.25, 0.3) is 10.2 Å². The SMILES string of the molecule is Cc1cc(C)c2c(c1)sc(=N)n2CCO. The standard InChI is InChI=1S/C11H14N2OS/c1-7-5-8(2)10-9(6-7)15-11(12)13(10)3-4-14/h5-6,12,14H,3-4H2,1-2H3. The summed E-state index contributed by atoms with van der Waals surface area (Å²) >= 11 is 1.47. The maximum atomic E-state index is 8.97. The van der Waals surface area contributed by atoms with E-state index >= 15 is 0 Å². The lowest BCUT2D eigenvalue weighted by Gasteiger charge is -2.05. The summed E-state index contributed by atoms with van der Waals surface area (Å²) in [4.78, 5) is 0.507. The van der Waals surface area contributed by atoms with Gasteiger partial charge in [-0.2, -0.15) is 0 Å². The molecule has 2 aromatic rings. The molecule has 0 aliphatic heterocycles. The van der Waals surface area contributed by atoms with E-state index in [2.05, 4.69) is 26.0 Å². The van der Waals surface area contributed by atoms with Crippen LogP contribution in [-0.2, 0) is 6.54 Å². The fraction of sp³-hybridized carbons (Fsp3) is 0.364. The third-order valence-electron chi connectivity index (χ3n) is 2.46. The number of nitrogens with one attached hydrogen (secondary N) is 1. The summed E-state index contributed by atoms with van der Waals surface area (Å²) in [5.41, 5.74) is 3.48. The third-order valence-corrected chi connectivity index (χ3v) is 3.40. The predicted molar refractivity (Wildman–Crippen MR) is 62.2 cm³/mol. The van der Waals surface area contributed by atoms with Gasteiger partial charge in [-0.05, 0) is 31.0 Å². The first kappa shape index (κ1) is 10.4. The number of aliphatic hydroxyl groups excluding tert-OH is 1. The number of nitrogens with zero attached hydrogens (tertiary/aromatic N) is 1. The van der Waals surface area contributed by atoms with Gasteiger partial charge in [-0.25, -0.2) is 0 Å². The summed E-state index contributed by atoms with van der Waals surface area (Å²) in [5.74, 6) is 0. The van der Waals surface area contributed by atoms with E-state index < -0.39 is 0 Å². The summed E-state index contributed by atoms with van der Waals surface area (Å²) in [6.07, 6.45) is 0. The molecule has 0 saturated heterocycles. The normalized spacial score (nSPS) is 11.1. The second-order valence-corrected chi connectivity index (χ2v) is 4.74. The molecule has 3 nitrogen and oxygen atoms in total. The minimum absolute atomic E-state index is 0.0791. The number of benzene rings is 1. The van der Waals surface area contributed by atoms with E-state index in [1.54, 1.807) is 0 Å². The second kappa shape index (κ2) is 3.79. The van der Waals surface area contributed by atoms with Crippen LogP contribution in [0.5, 0.6) is 0 Å². The Balaban J connectivity index is 2.81. The zero-order chi connectivity index (χ0) is 11.0. The van der Waals surface area contributed by atoms with Gasteiger partial charge in [0.15, 0.2) is 4.80 Å². The Hall–Kier alpha value is -1.13. The van der Waals surface area contributed by atoms with Crippen LogP contribution in [0.4, 0.5) is 0 Å². The Morgan fingerprint density at radius 1 is 1.40 bits per heavy atom. The lowest BCUT2D eigenvalue weighted by atomic mass is 10.1. The van der Waals surface area contributed by atoms with Gasteiger partial charge in [0.2, 0.25) is 0 Å². The van der Waals surface area contributed by atoms with Crippen LogP contribution in [0.3, 0.4) is 0 Å². The van der Waals surface area contributed by atoms with Gasteiger partial charge >= 0.3 is 0 Å². The molecule has 0 aliphatic rings. The smallest absolute Gasteiger partial charge is 0.182 e. The van der Waals surface area contributed by atoms with Crippen LogP contribution in [0.1, 0.15) is 11.1 Å². The molecule has 15 heavy (non-hydrogen) atoms. The van der Waals surface area contributed by atoms with Gasteiger partial charge in [-0.1, -0.05) is 17.4 Å². The van der Waals surface area contributed by atoms with E-state index in [1.165, 1.54) is 22.5 Å². The second-order valence-electron chi connectivity index (χ2n) is 3.71. The lowest BCUT2D eigenvalue weighted by Crippen LogP contribution is -2.15. The molecule has 0 radical (unpaired) electrons. The number of hydrogen-bond acceptors (Lipinski definition) is 3. The van der Waals surface area contributed by atoms with Gasteiger partial charge in [0.1, 0.15) is 0 Å². The summed E-state index contributed by atoms with van der Waals surface area (Å²) in [6.45, 7) is 4.69.